The van der Waals surface area contributed by atoms with Crippen molar-refractivity contribution in [2.45, 2.75) is 46.1 Å². The number of nitrogens with zero attached hydrogens (tertiary/aromatic N) is 2. The monoisotopic (exact) mass is 556 g/mol. The van der Waals surface area contributed by atoms with E-state index in [1.165, 1.54) is 14.0 Å². The zero-order chi connectivity index (χ0) is 31.6. The summed E-state index contributed by atoms with van der Waals surface area (Å²) in [6, 6.07) is 0. The number of carboxylic acids is 4. The van der Waals surface area contributed by atoms with E-state index in [1.807, 2.05) is 28.1 Å². The molecular weight excluding hydrogens is 512 g/mol. The molecule has 10 N–H and O–H groups in total. The molecule has 0 radical (unpaired) electrons. The number of carboxylic acid groups (broad SMARTS) is 4. The third-order valence-electron chi connectivity index (χ3n) is 2.85. The van der Waals surface area contributed by atoms with Crippen molar-refractivity contribution in [1.29, 1.82) is 5.41 Å². The fourth-order valence-electron chi connectivity index (χ4n) is 1.67. The number of carbonyl (C=O) groups excluding carboxylic acids is 3. The first-order valence-electron chi connectivity index (χ1n) is 10.8. The lowest BCUT2D eigenvalue weighted by Crippen LogP contribution is -2.45. The van der Waals surface area contributed by atoms with Crippen LogP contribution in [0, 0.1) is 5.41 Å². The molecule has 0 heterocycles. The van der Waals surface area contributed by atoms with Gasteiger partial charge >= 0.3 is 11.9 Å². The minimum atomic E-state index is -1.20. The molecule has 0 aliphatic carbocycles. The summed E-state index contributed by atoms with van der Waals surface area (Å²) in [5.41, 5.74) is 14.3. The number of guanidine groups is 1. The number of amides is 2. The number of carbonyl (C=O) groups is 6. The first-order chi connectivity index (χ1) is 17.0. The van der Waals surface area contributed by atoms with Crippen LogP contribution in [0.4, 0.5) is 0 Å². The Labute approximate surface area is 222 Å². The smallest absolute Gasteiger partial charge is 0.323 e. The number of hydrogen-bond acceptors (Lipinski definition) is 9. The van der Waals surface area contributed by atoms with Crippen LogP contribution in [-0.4, -0.2) is 120 Å². The maximum atomic E-state index is 10.5. The molecule has 1 atom stereocenters. The van der Waals surface area contributed by atoms with E-state index in [0.29, 0.717) is 17.4 Å². The van der Waals surface area contributed by atoms with Crippen molar-refractivity contribution in [3.05, 3.63) is 0 Å². The highest BCUT2D eigenvalue weighted by Crippen LogP contribution is 2.03. The molecule has 0 rings (SSSR count). The van der Waals surface area contributed by atoms with E-state index in [2.05, 4.69) is 5.73 Å². The Hall–Kier alpha value is -3.99. The molecule has 17 heteroatoms. The molecule has 224 valence electrons. The molecule has 0 aromatic carbocycles. The predicted molar refractivity (Wildman–Crippen MR) is 134 cm³/mol. The van der Waals surface area contributed by atoms with Crippen LogP contribution in [-0.2, 0) is 33.5 Å². The third-order valence-corrected chi connectivity index (χ3v) is 2.85. The molecule has 0 bridgehead atoms. The maximum absolute atomic E-state index is 10.5. The van der Waals surface area contributed by atoms with Gasteiger partial charge in [0.05, 0.1) is 21.1 Å². The predicted octanol–water partition coefficient (Wildman–Crippen LogP) is -2.95. The summed E-state index contributed by atoms with van der Waals surface area (Å²) in [7, 11) is 7.14. The Balaban J connectivity index is -0.000000134. The van der Waals surface area contributed by atoms with Crippen molar-refractivity contribution in [3.63, 3.8) is 0 Å². The average molecular weight is 557 g/mol. The van der Waals surface area contributed by atoms with Crippen LogP contribution in [0.5, 0.6) is 0 Å². The second-order valence-electron chi connectivity index (χ2n) is 8.36. The zero-order valence-corrected chi connectivity index (χ0v) is 23.1. The minimum absolute atomic E-state index is 0.227. The second-order valence-corrected chi connectivity index (χ2v) is 8.36. The maximum Gasteiger partial charge on any atom is 0.323 e. The summed E-state index contributed by atoms with van der Waals surface area (Å²) in [6.45, 7) is 4.21. The van der Waals surface area contributed by atoms with E-state index >= 15 is 0 Å². The number of aliphatic carboxylic acids is 4. The Kier molecular flexibility index (Phi) is 30.2. The SMILES string of the molecule is CC(=O)O.CC(N)=O.CCCC(=O)O.CN(CC(=O)O)C(=N)N.C[N+](C)(C)CC(CC(=O)[O-])OCC(N)=O. The summed E-state index contributed by atoms with van der Waals surface area (Å²) >= 11 is 0. The lowest BCUT2D eigenvalue weighted by molar-refractivity contribution is -0.873. The molecule has 17 nitrogen and oxygen atoms in total. The van der Waals surface area contributed by atoms with Gasteiger partial charge in [0.2, 0.25) is 11.8 Å². The van der Waals surface area contributed by atoms with E-state index in [-0.39, 0.29) is 31.4 Å². The highest BCUT2D eigenvalue weighted by molar-refractivity contribution is 5.80. The fourth-order valence-corrected chi connectivity index (χ4v) is 1.67. The number of primary amides is 2. The van der Waals surface area contributed by atoms with Gasteiger partial charge in [-0.1, -0.05) is 6.92 Å². The second kappa shape index (κ2) is 26.1. The van der Waals surface area contributed by atoms with Crippen molar-refractivity contribution in [2.24, 2.45) is 17.2 Å². The van der Waals surface area contributed by atoms with Gasteiger partial charge in [0.25, 0.3) is 5.97 Å². The average Bonchev–Trinajstić information content (AvgIpc) is 2.64. The lowest BCUT2D eigenvalue weighted by atomic mass is 10.2. The number of quaternary nitrogens is 1. The van der Waals surface area contributed by atoms with Gasteiger partial charge in [-0.2, -0.15) is 0 Å². The highest BCUT2D eigenvalue weighted by atomic mass is 16.5. The highest BCUT2D eigenvalue weighted by Gasteiger charge is 2.19. The van der Waals surface area contributed by atoms with Crippen molar-refractivity contribution < 1.29 is 58.4 Å². The van der Waals surface area contributed by atoms with Crippen LogP contribution in [0.1, 0.15) is 40.0 Å². The molecule has 0 aromatic rings. The largest absolute Gasteiger partial charge is 0.550 e. The molecular formula is C21H44N6O11. The van der Waals surface area contributed by atoms with Crippen LogP contribution in [0.25, 0.3) is 0 Å². The molecule has 0 aliphatic rings. The van der Waals surface area contributed by atoms with Gasteiger partial charge in [-0.25, -0.2) is 0 Å². The molecule has 0 fully saturated rings. The quantitative estimate of drug-likeness (QED) is 0.0761. The summed E-state index contributed by atoms with van der Waals surface area (Å²) in [5, 5.41) is 40.6. The normalized spacial score (nSPS) is 9.97. The van der Waals surface area contributed by atoms with Gasteiger partial charge < -0.3 is 56.5 Å². The van der Waals surface area contributed by atoms with E-state index in [4.69, 9.17) is 41.7 Å². The Morgan fingerprint density at radius 1 is 0.974 bits per heavy atom. The van der Waals surface area contributed by atoms with Crippen molar-refractivity contribution in [3.8, 4) is 0 Å². The van der Waals surface area contributed by atoms with Gasteiger partial charge in [0.15, 0.2) is 5.96 Å². The number of rotatable bonds is 11. The fraction of sp³-hybridized carbons (Fsp3) is 0.667. The van der Waals surface area contributed by atoms with E-state index in [9.17, 15) is 29.1 Å². The minimum Gasteiger partial charge on any atom is -0.550 e. The molecule has 38 heavy (non-hydrogen) atoms. The number of nitrogens with one attached hydrogen (secondary N) is 1. The topological polar surface area (TPSA) is 301 Å². The Morgan fingerprint density at radius 3 is 1.53 bits per heavy atom. The van der Waals surface area contributed by atoms with Crippen LogP contribution in [0.15, 0.2) is 0 Å². The van der Waals surface area contributed by atoms with Crippen LogP contribution in [0.2, 0.25) is 0 Å². The molecule has 0 spiro atoms. The molecule has 0 aromatic heterocycles. The van der Waals surface area contributed by atoms with Crippen molar-refractivity contribution >= 4 is 41.7 Å². The van der Waals surface area contributed by atoms with Gasteiger partial charge in [-0.3, -0.25) is 29.4 Å². The first kappa shape index (κ1) is 44.0. The summed E-state index contributed by atoms with van der Waals surface area (Å²) in [4.78, 5) is 59.8. The number of ether oxygens (including phenoxy) is 1. The Bertz CT molecular complexity index is 720. The van der Waals surface area contributed by atoms with Gasteiger partial charge in [-0.15, -0.1) is 0 Å². The zero-order valence-electron chi connectivity index (χ0n) is 23.1. The first-order valence-corrected chi connectivity index (χ1v) is 10.8. The molecule has 0 aliphatic heterocycles. The van der Waals surface area contributed by atoms with Crippen LogP contribution < -0.4 is 22.3 Å². The van der Waals surface area contributed by atoms with Crippen LogP contribution >= 0.6 is 0 Å². The molecule has 1 unspecified atom stereocenters. The van der Waals surface area contributed by atoms with Crippen LogP contribution in [0.3, 0.4) is 0 Å². The third kappa shape index (κ3) is 69.7. The van der Waals surface area contributed by atoms with E-state index in [0.717, 1.165) is 18.2 Å². The number of hydrogen-bond donors (Lipinski definition) is 7. The number of likely N-dealkylation sites (N-methyl/N-ethyl adjacent to an activating group) is 2. The standard InChI is InChI=1S/C9H18N2O4.C4H9N3O2.C4H8O2.C2H5NO.C2H4O2/c1-11(2,3)5-7(4-9(13)14)15-6-8(10)12;1-7(4(5)6)2-3(8)9;1-2-3-4(5)6;2*1-2(3)4/h7H,4-6H2,1-3H3,(H2-,10,12,13,14);2H2,1H3,(H3,5,6)(H,8,9);2-3H2,1H3,(H,5,6);1H3,(H2,3,4);1H3,(H,3,4). The summed E-state index contributed by atoms with van der Waals surface area (Å²) in [6.07, 6.45) is 0.237. The lowest BCUT2D eigenvalue weighted by Gasteiger charge is -2.29. The Morgan fingerprint density at radius 2 is 1.37 bits per heavy atom. The van der Waals surface area contributed by atoms with Crippen molar-refractivity contribution in [2.75, 3.05) is 47.9 Å². The summed E-state index contributed by atoms with van der Waals surface area (Å²) < 4.78 is 5.62. The van der Waals surface area contributed by atoms with E-state index < -0.39 is 35.9 Å². The molecule has 0 saturated carbocycles. The van der Waals surface area contributed by atoms with Gasteiger partial charge in [0, 0.05) is 39.7 Å². The molecule has 0 saturated heterocycles. The van der Waals surface area contributed by atoms with Gasteiger partial charge in [0.1, 0.15) is 25.8 Å². The van der Waals surface area contributed by atoms with Gasteiger partial charge in [-0.05, 0) is 6.42 Å². The van der Waals surface area contributed by atoms with E-state index in [1.54, 1.807) is 0 Å². The summed E-state index contributed by atoms with van der Waals surface area (Å²) in [5.74, 6) is -4.92. The van der Waals surface area contributed by atoms with Crippen molar-refractivity contribution in [1.82, 2.24) is 4.90 Å². The molecule has 2 amide bonds. The number of nitrogens with two attached hydrogens (primary N) is 3.